The zero-order valence-electron chi connectivity index (χ0n) is 8.53. The van der Waals surface area contributed by atoms with Crippen molar-refractivity contribution in [3.63, 3.8) is 0 Å². The number of carbonyl (C=O) groups is 2. The molecule has 0 spiro atoms. The van der Waals surface area contributed by atoms with Crippen LogP contribution in [0.4, 0.5) is 4.79 Å². The molecule has 6 nitrogen and oxygen atoms in total. The fourth-order valence-electron chi connectivity index (χ4n) is 0.658. The first-order valence-corrected chi connectivity index (χ1v) is 4.17. The van der Waals surface area contributed by atoms with Crippen LogP contribution >= 0.6 is 0 Å². The van der Waals surface area contributed by atoms with Crippen molar-refractivity contribution in [1.29, 1.82) is 0 Å². The number of nitrogens with one attached hydrogen (secondary N) is 1. The van der Waals surface area contributed by atoms with Gasteiger partial charge in [-0.05, 0) is 20.8 Å². The summed E-state index contributed by atoms with van der Waals surface area (Å²) in [7, 11) is 0. The molecule has 0 aliphatic carbocycles. The molecule has 0 bridgehead atoms. The molecule has 0 saturated carbocycles. The predicted octanol–water partition coefficient (Wildman–Crippen LogP) is -0.0770. The van der Waals surface area contributed by atoms with Gasteiger partial charge >= 0.3 is 12.1 Å². The third-order valence-corrected chi connectivity index (χ3v) is 1.18. The fraction of sp³-hybridized carbons (Fsp3) is 0.750. The van der Waals surface area contributed by atoms with E-state index in [9.17, 15) is 9.59 Å². The number of esters is 1. The summed E-state index contributed by atoms with van der Waals surface area (Å²) in [5.74, 6) is -0.619. The summed E-state index contributed by atoms with van der Waals surface area (Å²) in [6.45, 7) is 4.98. The Morgan fingerprint density at radius 1 is 1.50 bits per heavy atom. The summed E-state index contributed by atoms with van der Waals surface area (Å²) in [5.41, 5.74) is 4.76. The lowest BCUT2D eigenvalue weighted by atomic mass is 10.2. The smallest absolute Gasteiger partial charge is 0.404 e. The molecule has 0 rings (SSSR count). The minimum atomic E-state index is -1.22. The second-order valence-electron chi connectivity index (χ2n) is 3.83. The average molecular weight is 204 g/mol. The van der Waals surface area contributed by atoms with Gasteiger partial charge in [-0.1, -0.05) is 0 Å². The van der Waals surface area contributed by atoms with Crippen molar-refractivity contribution in [2.75, 3.05) is 6.54 Å². The predicted molar refractivity (Wildman–Crippen MR) is 49.8 cm³/mol. The monoisotopic (exact) mass is 204 g/mol. The van der Waals surface area contributed by atoms with Crippen molar-refractivity contribution in [2.45, 2.75) is 32.4 Å². The normalized spacial score (nSPS) is 13.1. The molecule has 0 aromatic heterocycles. The van der Waals surface area contributed by atoms with Gasteiger partial charge in [0.25, 0.3) is 0 Å². The van der Waals surface area contributed by atoms with E-state index in [0.29, 0.717) is 0 Å². The topological polar surface area (TPSA) is 102 Å². The van der Waals surface area contributed by atoms with Crippen LogP contribution < -0.4 is 11.1 Å². The molecule has 1 unspecified atom stereocenters. The van der Waals surface area contributed by atoms with Gasteiger partial charge in [0.15, 0.2) is 0 Å². The van der Waals surface area contributed by atoms with Crippen LogP contribution in [0.3, 0.4) is 0 Å². The van der Waals surface area contributed by atoms with E-state index in [1.165, 1.54) is 0 Å². The van der Waals surface area contributed by atoms with E-state index in [0.717, 1.165) is 0 Å². The van der Waals surface area contributed by atoms with Crippen LogP contribution in [-0.2, 0) is 9.53 Å². The molecule has 1 amide bonds. The number of carboxylic acid groups (broad SMARTS) is 1. The maximum Gasteiger partial charge on any atom is 0.404 e. The standard InChI is InChI=1S/C8H16N2O4/c1-8(2,3)14-6(11)5(9)4-10-7(12)13/h5,10H,4,9H2,1-3H3,(H,12,13). The Hall–Kier alpha value is -1.30. The van der Waals surface area contributed by atoms with Crippen LogP contribution in [0.15, 0.2) is 0 Å². The van der Waals surface area contributed by atoms with E-state index in [-0.39, 0.29) is 6.54 Å². The zero-order valence-corrected chi connectivity index (χ0v) is 8.53. The molecule has 0 aromatic rings. The second kappa shape index (κ2) is 4.80. The van der Waals surface area contributed by atoms with Gasteiger partial charge < -0.3 is 20.9 Å². The first kappa shape index (κ1) is 12.7. The Morgan fingerprint density at radius 3 is 2.36 bits per heavy atom. The van der Waals surface area contributed by atoms with E-state index < -0.39 is 23.7 Å². The Bertz CT molecular complexity index is 222. The third kappa shape index (κ3) is 6.24. The SMILES string of the molecule is CC(C)(C)OC(=O)C(N)CNC(=O)O. The molecule has 4 N–H and O–H groups in total. The number of hydrogen-bond donors (Lipinski definition) is 3. The highest BCUT2D eigenvalue weighted by molar-refractivity contribution is 5.77. The van der Waals surface area contributed by atoms with E-state index in [4.69, 9.17) is 15.6 Å². The Labute approximate surface area is 82.4 Å². The zero-order chi connectivity index (χ0) is 11.4. The van der Waals surface area contributed by atoms with E-state index in [2.05, 4.69) is 0 Å². The van der Waals surface area contributed by atoms with Crippen LogP contribution in [-0.4, -0.2) is 35.4 Å². The van der Waals surface area contributed by atoms with Crippen LogP contribution in [0.1, 0.15) is 20.8 Å². The van der Waals surface area contributed by atoms with E-state index >= 15 is 0 Å². The van der Waals surface area contributed by atoms with Crippen LogP contribution in [0.2, 0.25) is 0 Å². The van der Waals surface area contributed by atoms with Gasteiger partial charge in [0.1, 0.15) is 11.6 Å². The molecule has 0 heterocycles. The summed E-state index contributed by atoms with van der Waals surface area (Å²) < 4.78 is 4.93. The van der Waals surface area contributed by atoms with Crippen molar-refractivity contribution in [3.8, 4) is 0 Å². The number of rotatable bonds is 3. The molecule has 0 saturated heterocycles. The molecule has 0 aliphatic rings. The number of nitrogens with two attached hydrogens (primary N) is 1. The quantitative estimate of drug-likeness (QED) is 0.558. The molecule has 0 fully saturated rings. The maximum atomic E-state index is 11.2. The van der Waals surface area contributed by atoms with Crippen molar-refractivity contribution in [2.24, 2.45) is 5.73 Å². The number of carbonyl (C=O) groups excluding carboxylic acids is 1. The Balaban J connectivity index is 3.94. The van der Waals surface area contributed by atoms with Gasteiger partial charge in [-0.2, -0.15) is 0 Å². The van der Waals surface area contributed by atoms with Crippen molar-refractivity contribution in [3.05, 3.63) is 0 Å². The Morgan fingerprint density at radius 2 is 2.00 bits per heavy atom. The highest BCUT2D eigenvalue weighted by Crippen LogP contribution is 2.07. The van der Waals surface area contributed by atoms with Gasteiger partial charge in [0, 0.05) is 6.54 Å². The summed E-state index contributed by atoms with van der Waals surface area (Å²) in [4.78, 5) is 21.3. The molecule has 0 radical (unpaired) electrons. The number of ether oxygens (including phenoxy) is 1. The van der Waals surface area contributed by atoms with Gasteiger partial charge in [-0.25, -0.2) is 4.79 Å². The van der Waals surface area contributed by atoms with Crippen molar-refractivity contribution >= 4 is 12.1 Å². The molecule has 0 aliphatic heterocycles. The number of amides is 1. The van der Waals surface area contributed by atoms with Gasteiger partial charge in [-0.3, -0.25) is 4.79 Å². The average Bonchev–Trinajstić information content (AvgIpc) is 1.96. The van der Waals surface area contributed by atoms with E-state index in [1.807, 2.05) is 5.32 Å². The first-order valence-electron chi connectivity index (χ1n) is 4.17. The molecule has 1 atom stereocenters. The molecule has 14 heavy (non-hydrogen) atoms. The summed E-state index contributed by atoms with van der Waals surface area (Å²) in [6.07, 6.45) is -1.22. The Kier molecular flexibility index (Phi) is 4.36. The summed E-state index contributed by atoms with van der Waals surface area (Å²) >= 11 is 0. The van der Waals surface area contributed by atoms with Crippen LogP contribution in [0.5, 0.6) is 0 Å². The molecule has 0 aromatic carbocycles. The molecule has 6 heteroatoms. The lowest BCUT2D eigenvalue weighted by Crippen LogP contribution is -2.45. The van der Waals surface area contributed by atoms with Crippen molar-refractivity contribution in [1.82, 2.24) is 5.32 Å². The first-order chi connectivity index (χ1) is 6.22. The highest BCUT2D eigenvalue weighted by atomic mass is 16.6. The number of hydrogen-bond acceptors (Lipinski definition) is 4. The van der Waals surface area contributed by atoms with Crippen LogP contribution in [0, 0.1) is 0 Å². The fourth-order valence-corrected chi connectivity index (χ4v) is 0.658. The lowest BCUT2D eigenvalue weighted by Gasteiger charge is -2.21. The largest absolute Gasteiger partial charge is 0.465 e. The molecular formula is C8H16N2O4. The van der Waals surface area contributed by atoms with Gasteiger partial charge in [0.2, 0.25) is 0 Å². The van der Waals surface area contributed by atoms with Gasteiger partial charge in [-0.15, -0.1) is 0 Å². The summed E-state index contributed by atoms with van der Waals surface area (Å²) in [5, 5.41) is 10.3. The van der Waals surface area contributed by atoms with Crippen LogP contribution in [0.25, 0.3) is 0 Å². The second-order valence-corrected chi connectivity index (χ2v) is 3.83. The maximum absolute atomic E-state index is 11.2. The third-order valence-electron chi connectivity index (χ3n) is 1.18. The highest BCUT2D eigenvalue weighted by Gasteiger charge is 2.22. The lowest BCUT2D eigenvalue weighted by molar-refractivity contribution is -0.156. The van der Waals surface area contributed by atoms with Gasteiger partial charge in [0.05, 0.1) is 0 Å². The molecule has 82 valence electrons. The van der Waals surface area contributed by atoms with E-state index in [1.54, 1.807) is 20.8 Å². The van der Waals surface area contributed by atoms with Crippen molar-refractivity contribution < 1.29 is 19.4 Å². The minimum absolute atomic E-state index is 0.149. The summed E-state index contributed by atoms with van der Waals surface area (Å²) in [6, 6.07) is -0.967. The minimum Gasteiger partial charge on any atom is -0.465 e. The molecular weight excluding hydrogens is 188 g/mol.